The van der Waals surface area contributed by atoms with Crippen LogP contribution in [0, 0.1) is 19.7 Å². The number of benzene rings is 1. The Morgan fingerprint density at radius 2 is 2.00 bits per heavy atom. The van der Waals surface area contributed by atoms with Crippen LogP contribution in [0.15, 0.2) is 24.3 Å². The summed E-state index contributed by atoms with van der Waals surface area (Å²) in [5.41, 5.74) is 4.40. The van der Waals surface area contributed by atoms with Gasteiger partial charge in [0.15, 0.2) is 0 Å². The van der Waals surface area contributed by atoms with Gasteiger partial charge in [0.1, 0.15) is 5.82 Å². The summed E-state index contributed by atoms with van der Waals surface area (Å²) in [7, 11) is 3.91. The molecule has 0 saturated heterocycles. The number of aromatic nitrogens is 2. The van der Waals surface area contributed by atoms with E-state index in [1.54, 1.807) is 6.07 Å². The molecule has 1 aromatic carbocycles. The first-order valence-corrected chi connectivity index (χ1v) is 7.42. The lowest BCUT2D eigenvalue weighted by Gasteiger charge is -2.16. The number of halogens is 1. The molecule has 0 aliphatic rings. The van der Waals surface area contributed by atoms with Crippen molar-refractivity contribution >= 4 is 0 Å². The number of nitrogens with one attached hydrogen (secondary N) is 1. The second-order valence-electron chi connectivity index (χ2n) is 5.59. The van der Waals surface area contributed by atoms with E-state index in [1.807, 2.05) is 37.8 Å². The van der Waals surface area contributed by atoms with Crippen molar-refractivity contribution in [3.8, 4) is 0 Å². The van der Waals surface area contributed by atoms with Gasteiger partial charge in [0, 0.05) is 18.8 Å². The van der Waals surface area contributed by atoms with Gasteiger partial charge in [-0.3, -0.25) is 4.68 Å². The van der Waals surface area contributed by atoms with Crippen LogP contribution in [0.1, 0.15) is 28.9 Å². The van der Waals surface area contributed by atoms with E-state index in [4.69, 9.17) is 0 Å². The molecule has 0 bridgehead atoms. The van der Waals surface area contributed by atoms with Crippen LogP contribution < -0.4 is 5.32 Å². The highest BCUT2D eigenvalue weighted by molar-refractivity contribution is 5.25. The largest absolute Gasteiger partial charge is 0.317 e. The summed E-state index contributed by atoms with van der Waals surface area (Å²) in [6, 6.07) is 7.27. The summed E-state index contributed by atoms with van der Waals surface area (Å²) < 4.78 is 15.7. The quantitative estimate of drug-likeness (QED) is 0.886. The lowest BCUT2D eigenvalue weighted by atomic mass is 9.98. The molecular weight excluding hydrogens is 265 g/mol. The van der Waals surface area contributed by atoms with Crippen molar-refractivity contribution in [1.29, 1.82) is 0 Å². The minimum atomic E-state index is -0.119. The Morgan fingerprint density at radius 1 is 1.29 bits per heavy atom. The molecular formula is C17H24FN3. The first-order chi connectivity index (χ1) is 10.0. The number of hydrogen-bond donors (Lipinski definition) is 1. The van der Waals surface area contributed by atoms with Crippen LogP contribution in [0.5, 0.6) is 0 Å². The van der Waals surface area contributed by atoms with Gasteiger partial charge >= 0.3 is 0 Å². The summed E-state index contributed by atoms with van der Waals surface area (Å²) in [4.78, 5) is 0. The zero-order valence-electron chi connectivity index (χ0n) is 13.3. The summed E-state index contributed by atoms with van der Waals surface area (Å²) in [5, 5.41) is 7.75. The minimum absolute atomic E-state index is 0.119. The monoisotopic (exact) mass is 289 g/mol. The van der Waals surface area contributed by atoms with E-state index in [0.717, 1.165) is 24.1 Å². The first-order valence-electron chi connectivity index (χ1n) is 7.42. The molecule has 1 aromatic heterocycles. The third-order valence-electron chi connectivity index (χ3n) is 4.23. The van der Waals surface area contributed by atoms with E-state index < -0.39 is 0 Å². The maximum atomic E-state index is 13.7. The molecule has 1 N–H and O–H groups in total. The predicted molar refractivity (Wildman–Crippen MR) is 84.0 cm³/mol. The van der Waals surface area contributed by atoms with Crippen LogP contribution in [0.4, 0.5) is 4.39 Å². The van der Waals surface area contributed by atoms with Crippen LogP contribution in [0.3, 0.4) is 0 Å². The first kappa shape index (κ1) is 15.7. The topological polar surface area (TPSA) is 29.9 Å². The molecule has 0 saturated carbocycles. The molecule has 0 aliphatic carbocycles. The zero-order chi connectivity index (χ0) is 15.4. The van der Waals surface area contributed by atoms with Crippen molar-refractivity contribution in [3.63, 3.8) is 0 Å². The summed E-state index contributed by atoms with van der Waals surface area (Å²) in [6.07, 6.45) is 2.64. The highest BCUT2D eigenvalue weighted by Crippen LogP contribution is 2.17. The molecule has 1 unspecified atom stereocenters. The van der Waals surface area contributed by atoms with Crippen LogP contribution in [-0.4, -0.2) is 22.9 Å². The maximum Gasteiger partial charge on any atom is 0.126 e. The average Bonchev–Trinajstić information content (AvgIpc) is 2.71. The highest BCUT2D eigenvalue weighted by Gasteiger charge is 2.14. The molecule has 0 radical (unpaired) electrons. The smallest absolute Gasteiger partial charge is 0.126 e. The van der Waals surface area contributed by atoms with Gasteiger partial charge in [0.25, 0.3) is 0 Å². The Labute approximate surface area is 126 Å². The molecule has 0 fully saturated rings. The van der Waals surface area contributed by atoms with Crippen molar-refractivity contribution in [2.75, 3.05) is 7.05 Å². The Kier molecular flexibility index (Phi) is 5.12. The van der Waals surface area contributed by atoms with Crippen LogP contribution in [0.2, 0.25) is 0 Å². The lowest BCUT2D eigenvalue weighted by Crippen LogP contribution is -2.28. The van der Waals surface area contributed by atoms with Gasteiger partial charge in [-0.15, -0.1) is 0 Å². The average molecular weight is 289 g/mol. The molecule has 21 heavy (non-hydrogen) atoms. The van der Waals surface area contributed by atoms with Gasteiger partial charge in [-0.05, 0) is 57.4 Å². The SMILES string of the molecule is CNC(CCc1c(C)nn(C)c1C)Cc1ccccc1F. The van der Waals surface area contributed by atoms with E-state index in [0.29, 0.717) is 6.42 Å². The summed E-state index contributed by atoms with van der Waals surface area (Å²) in [5.74, 6) is -0.119. The fourth-order valence-electron chi connectivity index (χ4n) is 2.78. The second-order valence-corrected chi connectivity index (χ2v) is 5.59. The van der Waals surface area contributed by atoms with Gasteiger partial charge in [-0.2, -0.15) is 5.10 Å². The van der Waals surface area contributed by atoms with Gasteiger partial charge in [0.2, 0.25) is 0 Å². The highest BCUT2D eigenvalue weighted by atomic mass is 19.1. The standard InChI is InChI=1S/C17H24FN3/c1-12-16(13(2)21(4)20-12)10-9-15(19-3)11-14-7-5-6-8-17(14)18/h5-8,15,19H,9-11H2,1-4H3. The Hall–Kier alpha value is -1.68. The summed E-state index contributed by atoms with van der Waals surface area (Å²) in [6.45, 7) is 4.15. The fraction of sp³-hybridized carbons (Fsp3) is 0.471. The van der Waals surface area contributed by atoms with Crippen molar-refractivity contribution in [2.24, 2.45) is 7.05 Å². The minimum Gasteiger partial charge on any atom is -0.317 e. The molecule has 1 atom stereocenters. The third kappa shape index (κ3) is 3.70. The van der Waals surface area contributed by atoms with Gasteiger partial charge in [-0.25, -0.2) is 4.39 Å². The van der Waals surface area contributed by atoms with E-state index in [1.165, 1.54) is 17.3 Å². The molecule has 0 amide bonds. The fourth-order valence-corrected chi connectivity index (χ4v) is 2.78. The molecule has 2 aromatic rings. The molecule has 0 spiro atoms. The van der Waals surface area contributed by atoms with Gasteiger partial charge < -0.3 is 5.32 Å². The van der Waals surface area contributed by atoms with Crippen molar-refractivity contribution < 1.29 is 4.39 Å². The van der Waals surface area contributed by atoms with Crippen molar-refractivity contribution in [1.82, 2.24) is 15.1 Å². The van der Waals surface area contributed by atoms with E-state index >= 15 is 0 Å². The van der Waals surface area contributed by atoms with Crippen LogP contribution >= 0.6 is 0 Å². The predicted octanol–water partition coefficient (Wildman–Crippen LogP) is 2.94. The number of nitrogens with zero attached hydrogens (tertiary/aromatic N) is 2. The number of rotatable bonds is 6. The summed E-state index contributed by atoms with van der Waals surface area (Å²) >= 11 is 0. The Morgan fingerprint density at radius 3 is 2.57 bits per heavy atom. The van der Waals surface area contributed by atoms with E-state index in [2.05, 4.69) is 17.3 Å². The normalized spacial score (nSPS) is 12.6. The number of aryl methyl sites for hydroxylation is 2. The van der Waals surface area contributed by atoms with Crippen LogP contribution in [0.25, 0.3) is 0 Å². The Bertz CT molecular complexity index is 604. The van der Waals surface area contributed by atoms with Crippen molar-refractivity contribution in [2.45, 2.75) is 39.2 Å². The Balaban J connectivity index is 2.01. The van der Waals surface area contributed by atoms with E-state index in [-0.39, 0.29) is 11.9 Å². The molecule has 0 aliphatic heterocycles. The van der Waals surface area contributed by atoms with Gasteiger partial charge in [-0.1, -0.05) is 18.2 Å². The van der Waals surface area contributed by atoms with Crippen molar-refractivity contribution in [3.05, 3.63) is 52.6 Å². The molecule has 2 rings (SSSR count). The van der Waals surface area contributed by atoms with E-state index in [9.17, 15) is 4.39 Å². The molecule has 3 nitrogen and oxygen atoms in total. The number of likely N-dealkylation sites (N-methyl/N-ethyl adjacent to an activating group) is 1. The second kappa shape index (κ2) is 6.85. The molecule has 114 valence electrons. The number of hydrogen-bond acceptors (Lipinski definition) is 2. The molecule has 1 heterocycles. The lowest BCUT2D eigenvalue weighted by molar-refractivity contribution is 0.503. The zero-order valence-corrected chi connectivity index (χ0v) is 13.3. The third-order valence-corrected chi connectivity index (χ3v) is 4.23. The molecule has 4 heteroatoms. The van der Waals surface area contributed by atoms with Crippen LogP contribution in [-0.2, 0) is 19.9 Å². The maximum absolute atomic E-state index is 13.7. The van der Waals surface area contributed by atoms with Gasteiger partial charge in [0.05, 0.1) is 5.69 Å².